The molecule has 0 saturated heterocycles. The van der Waals surface area contributed by atoms with Crippen LogP contribution >= 0.6 is 0 Å². The van der Waals surface area contributed by atoms with Crippen LogP contribution in [0.5, 0.6) is 0 Å². The summed E-state index contributed by atoms with van der Waals surface area (Å²) in [6, 6.07) is 0. The van der Waals surface area contributed by atoms with Gasteiger partial charge in [-0.25, -0.2) is 0 Å². The summed E-state index contributed by atoms with van der Waals surface area (Å²) in [4.78, 5) is 12.2. The van der Waals surface area contributed by atoms with E-state index >= 15 is 0 Å². The lowest BCUT2D eigenvalue weighted by Crippen LogP contribution is -2.48. The van der Waals surface area contributed by atoms with E-state index in [-0.39, 0.29) is 17.9 Å². The van der Waals surface area contributed by atoms with Crippen molar-refractivity contribution in [3.63, 3.8) is 0 Å². The van der Waals surface area contributed by atoms with Gasteiger partial charge in [-0.15, -0.1) is 0 Å². The minimum Gasteiger partial charge on any atom is -0.396 e. The van der Waals surface area contributed by atoms with Crippen LogP contribution in [0.25, 0.3) is 0 Å². The Bertz CT molecular complexity index is 236. The Morgan fingerprint density at radius 3 is 2.59 bits per heavy atom. The average molecular weight is 242 g/mol. The van der Waals surface area contributed by atoms with Crippen LogP contribution in [-0.4, -0.2) is 30.7 Å². The maximum Gasteiger partial charge on any atom is 0.227 e. The normalized spacial score (nSPS) is 29.0. The van der Waals surface area contributed by atoms with E-state index in [0.717, 1.165) is 44.4 Å². The molecule has 0 heterocycles. The molecule has 0 atom stereocenters. The van der Waals surface area contributed by atoms with E-state index in [1.807, 2.05) is 0 Å². The molecule has 0 radical (unpaired) electrons. The lowest BCUT2D eigenvalue weighted by molar-refractivity contribution is -0.132. The molecule has 1 amide bonds. The summed E-state index contributed by atoms with van der Waals surface area (Å²) in [6.07, 6.45) is 5.60. The summed E-state index contributed by atoms with van der Waals surface area (Å²) in [5.41, 5.74) is 5.49. The van der Waals surface area contributed by atoms with E-state index in [1.54, 1.807) is 0 Å². The summed E-state index contributed by atoms with van der Waals surface area (Å²) >= 11 is 0. The molecular formula is C13H26N2O2. The largest absolute Gasteiger partial charge is 0.396 e. The molecule has 4 nitrogen and oxygen atoms in total. The standard InChI is InChI=1S/C13H26N2O2/c1-11-4-6-13(10-14,7-5-11)12(17)15-8-2-3-9-16/h11,16H,2-10,14H2,1H3,(H,15,17). The zero-order valence-corrected chi connectivity index (χ0v) is 10.9. The number of nitrogens with one attached hydrogen (secondary N) is 1. The fourth-order valence-electron chi connectivity index (χ4n) is 2.46. The number of carbonyl (C=O) groups excluding carboxylic acids is 1. The summed E-state index contributed by atoms with van der Waals surface area (Å²) < 4.78 is 0. The highest BCUT2D eigenvalue weighted by Crippen LogP contribution is 2.38. The molecule has 1 aliphatic rings. The number of aliphatic hydroxyl groups is 1. The van der Waals surface area contributed by atoms with Crippen molar-refractivity contribution in [3.8, 4) is 0 Å². The number of nitrogens with two attached hydrogens (primary N) is 1. The molecule has 0 bridgehead atoms. The van der Waals surface area contributed by atoms with E-state index in [2.05, 4.69) is 12.2 Å². The van der Waals surface area contributed by atoms with E-state index in [4.69, 9.17) is 10.8 Å². The van der Waals surface area contributed by atoms with Crippen molar-refractivity contribution in [1.82, 2.24) is 5.32 Å². The van der Waals surface area contributed by atoms with E-state index in [1.165, 1.54) is 0 Å². The summed E-state index contributed by atoms with van der Waals surface area (Å²) in [5, 5.41) is 11.6. The maximum atomic E-state index is 12.2. The Morgan fingerprint density at radius 1 is 1.41 bits per heavy atom. The Labute approximate surface area is 104 Å². The third-order valence-corrected chi connectivity index (χ3v) is 3.97. The molecule has 0 aliphatic heterocycles. The number of amides is 1. The van der Waals surface area contributed by atoms with Gasteiger partial charge in [0, 0.05) is 19.7 Å². The van der Waals surface area contributed by atoms with Gasteiger partial charge in [-0.3, -0.25) is 4.79 Å². The molecule has 4 heteroatoms. The zero-order chi connectivity index (χ0) is 12.7. The van der Waals surface area contributed by atoms with Crippen LogP contribution in [0.15, 0.2) is 0 Å². The van der Waals surface area contributed by atoms with Crippen molar-refractivity contribution in [2.75, 3.05) is 19.7 Å². The van der Waals surface area contributed by atoms with Gasteiger partial charge in [0.15, 0.2) is 0 Å². The lowest BCUT2D eigenvalue weighted by Gasteiger charge is -2.37. The van der Waals surface area contributed by atoms with Crippen LogP contribution in [0.4, 0.5) is 0 Å². The lowest BCUT2D eigenvalue weighted by atomic mass is 9.70. The number of hydrogen-bond donors (Lipinski definition) is 3. The monoisotopic (exact) mass is 242 g/mol. The molecule has 1 saturated carbocycles. The van der Waals surface area contributed by atoms with Crippen molar-refractivity contribution in [3.05, 3.63) is 0 Å². The maximum absolute atomic E-state index is 12.2. The predicted molar refractivity (Wildman–Crippen MR) is 68.4 cm³/mol. The second-order valence-corrected chi connectivity index (χ2v) is 5.35. The third kappa shape index (κ3) is 3.96. The minimum absolute atomic E-state index is 0.116. The molecule has 0 spiro atoms. The van der Waals surface area contributed by atoms with Crippen molar-refractivity contribution in [2.45, 2.75) is 45.4 Å². The second-order valence-electron chi connectivity index (χ2n) is 5.35. The summed E-state index contributed by atoms with van der Waals surface area (Å²) in [7, 11) is 0. The zero-order valence-electron chi connectivity index (χ0n) is 10.9. The first-order valence-electron chi connectivity index (χ1n) is 6.74. The topological polar surface area (TPSA) is 75.4 Å². The smallest absolute Gasteiger partial charge is 0.227 e. The Morgan fingerprint density at radius 2 is 2.06 bits per heavy atom. The second kappa shape index (κ2) is 6.97. The molecule has 0 aromatic heterocycles. The Kier molecular flexibility index (Phi) is 5.92. The minimum atomic E-state index is -0.328. The fourth-order valence-corrected chi connectivity index (χ4v) is 2.46. The van der Waals surface area contributed by atoms with Gasteiger partial charge in [0.25, 0.3) is 0 Å². The van der Waals surface area contributed by atoms with Gasteiger partial charge in [0.2, 0.25) is 5.91 Å². The Balaban J connectivity index is 2.40. The molecule has 0 aromatic carbocycles. The van der Waals surface area contributed by atoms with Gasteiger partial charge in [0.05, 0.1) is 5.41 Å². The molecule has 1 rings (SSSR count). The quantitative estimate of drug-likeness (QED) is 0.609. The number of carbonyl (C=O) groups is 1. The van der Waals surface area contributed by atoms with Gasteiger partial charge >= 0.3 is 0 Å². The van der Waals surface area contributed by atoms with Crippen molar-refractivity contribution < 1.29 is 9.90 Å². The summed E-state index contributed by atoms with van der Waals surface area (Å²) in [5.74, 6) is 0.835. The van der Waals surface area contributed by atoms with E-state index in [9.17, 15) is 4.79 Å². The highest BCUT2D eigenvalue weighted by molar-refractivity contribution is 5.83. The van der Waals surface area contributed by atoms with Gasteiger partial charge in [-0.2, -0.15) is 0 Å². The molecule has 4 N–H and O–H groups in total. The molecule has 100 valence electrons. The highest BCUT2D eigenvalue weighted by Gasteiger charge is 2.39. The third-order valence-electron chi connectivity index (χ3n) is 3.97. The predicted octanol–water partition coefficient (Wildman–Crippen LogP) is 1.03. The molecule has 0 aromatic rings. The average Bonchev–Trinajstić information content (AvgIpc) is 2.36. The Hall–Kier alpha value is -0.610. The first kappa shape index (κ1) is 14.5. The van der Waals surface area contributed by atoms with Gasteiger partial charge in [-0.1, -0.05) is 6.92 Å². The van der Waals surface area contributed by atoms with Crippen LogP contribution in [-0.2, 0) is 4.79 Å². The van der Waals surface area contributed by atoms with Crippen LogP contribution in [0, 0.1) is 11.3 Å². The molecule has 0 unspecified atom stereocenters. The first-order valence-corrected chi connectivity index (χ1v) is 6.74. The molecule has 1 fully saturated rings. The van der Waals surface area contributed by atoms with Crippen LogP contribution in [0.3, 0.4) is 0 Å². The molecular weight excluding hydrogens is 216 g/mol. The number of unbranched alkanes of at least 4 members (excludes halogenated alkanes) is 1. The van der Waals surface area contributed by atoms with Gasteiger partial charge < -0.3 is 16.2 Å². The van der Waals surface area contributed by atoms with Crippen molar-refractivity contribution in [2.24, 2.45) is 17.1 Å². The fraction of sp³-hybridized carbons (Fsp3) is 0.923. The van der Waals surface area contributed by atoms with Crippen molar-refractivity contribution >= 4 is 5.91 Å². The van der Waals surface area contributed by atoms with Crippen LogP contribution < -0.4 is 11.1 Å². The van der Waals surface area contributed by atoms with Crippen LogP contribution in [0.2, 0.25) is 0 Å². The van der Waals surface area contributed by atoms with E-state index in [0.29, 0.717) is 13.1 Å². The van der Waals surface area contributed by atoms with Crippen LogP contribution in [0.1, 0.15) is 45.4 Å². The number of aliphatic hydroxyl groups excluding tert-OH is 1. The summed E-state index contributed by atoms with van der Waals surface area (Å²) in [6.45, 7) is 3.53. The molecule has 1 aliphatic carbocycles. The van der Waals surface area contributed by atoms with Gasteiger partial charge in [0.1, 0.15) is 0 Å². The number of rotatable bonds is 6. The van der Waals surface area contributed by atoms with Gasteiger partial charge in [-0.05, 0) is 44.4 Å². The highest BCUT2D eigenvalue weighted by atomic mass is 16.2. The number of hydrogen-bond acceptors (Lipinski definition) is 3. The van der Waals surface area contributed by atoms with E-state index < -0.39 is 0 Å². The van der Waals surface area contributed by atoms with Crippen molar-refractivity contribution in [1.29, 1.82) is 0 Å². The SMILES string of the molecule is CC1CCC(CN)(C(=O)NCCCCO)CC1. The first-order chi connectivity index (χ1) is 8.14. The molecule has 17 heavy (non-hydrogen) atoms.